The zero-order valence-electron chi connectivity index (χ0n) is 12.2. The number of aromatic nitrogens is 2. The molecule has 0 spiro atoms. The fourth-order valence-electron chi connectivity index (χ4n) is 2.46. The maximum atomic E-state index is 9.22. The van der Waals surface area contributed by atoms with E-state index in [1.165, 1.54) is 0 Å². The standard InChI is InChI=1S/C18H15N3O/c1-22-17-9-5-4-8-16(17)18-20-10-11-21(18)13-15-7-3-2-6-14(15)12-19/h2-11H,13H2,1H3. The number of para-hydroxylation sites is 1. The maximum absolute atomic E-state index is 9.22. The van der Waals surface area contributed by atoms with E-state index in [1.807, 2.05) is 59.3 Å². The van der Waals surface area contributed by atoms with Crippen molar-refractivity contribution in [3.05, 3.63) is 72.1 Å². The van der Waals surface area contributed by atoms with Crippen LogP contribution in [0.3, 0.4) is 0 Å². The van der Waals surface area contributed by atoms with Crippen LogP contribution in [0.1, 0.15) is 11.1 Å². The highest BCUT2D eigenvalue weighted by molar-refractivity contribution is 5.64. The van der Waals surface area contributed by atoms with Gasteiger partial charge in [-0.1, -0.05) is 30.3 Å². The molecule has 0 aliphatic heterocycles. The number of hydrogen-bond acceptors (Lipinski definition) is 3. The van der Waals surface area contributed by atoms with E-state index in [0.29, 0.717) is 12.1 Å². The van der Waals surface area contributed by atoms with Crippen LogP contribution in [0.4, 0.5) is 0 Å². The molecule has 0 atom stereocenters. The molecule has 22 heavy (non-hydrogen) atoms. The van der Waals surface area contributed by atoms with E-state index in [9.17, 15) is 5.26 Å². The minimum absolute atomic E-state index is 0.594. The van der Waals surface area contributed by atoms with Crippen molar-refractivity contribution < 1.29 is 4.74 Å². The third kappa shape index (κ3) is 2.57. The molecule has 0 bridgehead atoms. The first kappa shape index (κ1) is 13.9. The molecular formula is C18H15N3O. The molecular weight excluding hydrogens is 274 g/mol. The molecule has 0 radical (unpaired) electrons. The predicted octanol–water partition coefficient (Wildman–Crippen LogP) is 3.48. The number of imidazole rings is 1. The van der Waals surface area contributed by atoms with Crippen LogP contribution in [0.25, 0.3) is 11.4 Å². The molecule has 4 nitrogen and oxygen atoms in total. The van der Waals surface area contributed by atoms with Crippen LogP contribution >= 0.6 is 0 Å². The molecule has 3 aromatic rings. The molecule has 0 saturated heterocycles. The molecule has 2 aromatic carbocycles. The number of nitrogens with zero attached hydrogens (tertiary/aromatic N) is 3. The van der Waals surface area contributed by atoms with Crippen LogP contribution in [0.2, 0.25) is 0 Å². The van der Waals surface area contributed by atoms with Gasteiger partial charge in [0.15, 0.2) is 0 Å². The van der Waals surface area contributed by atoms with Crippen LogP contribution in [0.15, 0.2) is 60.9 Å². The minimum Gasteiger partial charge on any atom is -0.496 e. The zero-order valence-corrected chi connectivity index (χ0v) is 12.2. The summed E-state index contributed by atoms with van der Waals surface area (Å²) in [5, 5.41) is 9.22. The van der Waals surface area contributed by atoms with Crippen LogP contribution in [-0.2, 0) is 6.54 Å². The van der Waals surface area contributed by atoms with Crippen molar-refractivity contribution in [1.82, 2.24) is 9.55 Å². The van der Waals surface area contributed by atoms with Gasteiger partial charge in [0.2, 0.25) is 0 Å². The van der Waals surface area contributed by atoms with E-state index < -0.39 is 0 Å². The topological polar surface area (TPSA) is 50.8 Å². The van der Waals surface area contributed by atoms with Crippen LogP contribution in [-0.4, -0.2) is 16.7 Å². The Labute approximate surface area is 129 Å². The third-order valence-electron chi connectivity index (χ3n) is 3.54. The lowest BCUT2D eigenvalue weighted by Gasteiger charge is -2.11. The Morgan fingerprint density at radius 2 is 1.91 bits per heavy atom. The van der Waals surface area contributed by atoms with Gasteiger partial charge in [-0.3, -0.25) is 0 Å². The SMILES string of the molecule is COc1ccccc1-c1nccn1Cc1ccccc1C#N. The van der Waals surface area contributed by atoms with Gasteiger partial charge in [-0.25, -0.2) is 4.98 Å². The lowest BCUT2D eigenvalue weighted by atomic mass is 10.1. The Hall–Kier alpha value is -3.06. The van der Waals surface area contributed by atoms with E-state index in [0.717, 1.165) is 22.7 Å². The highest BCUT2D eigenvalue weighted by Gasteiger charge is 2.12. The van der Waals surface area contributed by atoms with Crippen molar-refractivity contribution in [3.63, 3.8) is 0 Å². The Morgan fingerprint density at radius 3 is 2.73 bits per heavy atom. The number of ether oxygens (including phenoxy) is 1. The Kier molecular flexibility index (Phi) is 3.88. The normalized spacial score (nSPS) is 10.2. The quantitative estimate of drug-likeness (QED) is 0.739. The van der Waals surface area contributed by atoms with Crippen molar-refractivity contribution in [2.75, 3.05) is 7.11 Å². The summed E-state index contributed by atoms with van der Waals surface area (Å²) >= 11 is 0. The molecule has 0 fully saturated rings. The van der Waals surface area contributed by atoms with Crippen molar-refractivity contribution in [3.8, 4) is 23.2 Å². The van der Waals surface area contributed by atoms with E-state index in [-0.39, 0.29) is 0 Å². The first-order valence-corrected chi connectivity index (χ1v) is 6.96. The van der Waals surface area contributed by atoms with Crippen LogP contribution in [0.5, 0.6) is 5.75 Å². The maximum Gasteiger partial charge on any atom is 0.143 e. The Balaban J connectivity index is 2.01. The van der Waals surface area contributed by atoms with Gasteiger partial charge in [-0.2, -0.15) is 5.26 Å². The van der Waals surface area contributed by atoms with Crippen LogP contribution in [0, 0.1) is 11.3 Å². The van der Waals surface area contributed by atoms with Gasteiger partial charge in [-0.05, 0) is 23.8 Å². The molecule has 0 aliphatic carbocycles. The first-order valence-electron chi connectivity index (χ1n) is 6.96. The Morgan fingerprint density at radius 1 is 1.14 bits per heavy atom. The smallest absolute Gasteiger partial charge is 0.143 e. The first-order chi connectivity index (χ1) is 10.8. The minimum atomic E-state index is 0.594. The number of methoxy groups -OCH3 is 1. The summed E-state index contributed by atoms with van der Waals surface area (Å²) in [6.07, 6.45) is 3.67. The molecule has 1 aromatic heterocycles. The number of benzene rings is 2. The van der Waals surface area contributed by atoms with Crippen LogP contribution < -0.4 is 4.74 Å². The summed E-state index contributed by atoms with van der Waals surface area (Å²) in [5.74, 6) is 1.61. The van der Waals surface area contributed by atoms with Crippen molar-refractivity contribution in [2.24, 2.45) is 0 Å². The molecule has 0 unspecified atom stereocenters. The fourth-order valence-corrected chi connectivity index (χ4v) is 2.46. The summed E-state index contributed by atoms with van der Waals surface area (Å²) in [4.78, 5) is 4.45. The molecule has 0 aliphatic rings. The summed E-state index contributed by atoms with van der Waals surface area (Å²) in [6, 6.07) is 17.6. The third-order valence-corrected chi connectivity index (χ3v) is 3.54. The van der Waals surface area contributed by atoms with E-state index in [2.05, 4.69) is 11.1 Å². The zero-order chi connectivity index (χ0) is 15.4. The monoisotopic (exact) mass is 289 g/mol. The number of nitriles is 1. The highest BCUT2D eigenvalue weighted by atomic mass is 16.5. The van der Waals surface area contributed by atoms with Crippen molar-refractivity contribution >= 4 is 0 Å². The van der Waals surface area contributed by atoms with Gasteiger partial charge >= 0.3 is 0 Å². The second-order valence-electron chi connectivity index (χ2n) is 4.85. The molecule has 0 saturated carbocycles. The van der Waals surface area contributed by atoms with Gasteiger partial charge in [0, 0.05) is 12.4 Å². The predicted molar refractivity (Wildman–Crippen MR) is 84.5 cm³/mol. The van der Waals surface area contributed by atoms with Gasteiger partial charge in [0.1, 0.15) is 11.6 Å². The lowest BCUT2D eigenvalue weighted by Crippen LogP contribution is -2.03. The highest BCUT2D eigenvalue weighted by Crippen LogP contribution is 2.28. The molecule has 4 heteroatoms. The molecule has 1 heterocycles. The number of hydrogen-bond donors (Lipinski definition) is 0. The lowest BCUT2D eigenvalue weighted by molar-refractivity contribution is 0.416. The van der Waals surface area contributed by atoms with Crippen molar-refractivity contribution in [1.29, 1.82) is 5.26 Å². The molecule has 3 rings (SSSR count). The van der Waals surface area contributed by atoms with Gasteiger partial charge in [0.05, 0.1) is 30.9 Å². The average Bonchev–Trinajstić information content (AvgIpc) is 3.03. The summed E-state index contributed by atoms with van der Waals surface area (Å²) in [7, 11) is 1.65. The second-order valence-corrected chi connectivity index (χ2v) is 4.85. The summed E-state index contributed by atoms with van der Waals surface area (Å²) in [5.41, 5.74) is 2.59. The van der Waals surface area contributed by atoms with Gasteiger partial charge in [0.25, 0.3) is 0 Å². The van der Waals surface area contributed by atoms with E-state index in [4.69, 9.17) is 4.74 Å². The van der Waals surface area contributed by atoms with Crippen molar-refractivity contribution in [2.45, 2.75) is 6.54 Å². The van der Waals surface area contributed by atoms with E-state index >= 15 is 0 Å². The fraction of sp³-hybridized carbons (Fsp3) is 0.111. The molecule has 0 amide bonds. The summed E-state index contributed by atoms with van der Waals surface area (Å²) in [6.45, 7) is 0.594. The second kappa shape index (κ2) is 6.15. The Bertz CT molecular complexity index is 830. The molecule has 108 valence electrons. The van der Waals surface area contributed by atoms with E-state index in [1.54, 1.807) is 13.3 Å². The molecule has 0 N–H and O–H groups in total. The van der Waals surface area contributed by atoms with Gasteiger partial charge < -0.3 is 9.30 Å². The largest absolute Gasteiger partial charge is 0.496 e. The summed E-state index contributed by atoms with van der Waals surface area (Å²) < 4.78 is 7.44. The van der Waals surface area contributed by atoms with Gasteiger partial charge in [-0.15, -0.1) is 0 Å². The average molecular weight is 289 g/mol. The number of rotatable bonds is 4.